The van der Waals surface area contributed by atoms with Crippen molar-refractivity contribution in [3.8, 4) is 5.75 Å². The maximum Gasteiger partial charge on any atom is 0.344 e. The number of para-hydroxylation sites is 1. The lowest BCUT2D eigenvalue weighted by Gasteiger charge is -2.15. The molecule has 1 N–H and O–H groups in total. The first-order valence-electron chi connectivity index (χ1n) is 8.27. The Morgan fingerprint density at radius 3 is 2.40 bits per heavy atom. The van der Waals surface area contributed by atoms with Crippen molar-refractivity contribution in [2.24, 2.45) is 0 Å². The first-order chi connectivity index (χ1) is 12.0. The van der Waals surface area contributed by atoms with Gasteiger partial charge < -0.3 is 14.8 Å². The Kier molecular flexibility index (Phi) is 6.57. The Labute approximate surface area is 148 Å². The lowest BCUT2D eigenvalue weighted by atomic mass is 10.2. The summed E-state index contributed by atoms with van der Waals surface area (Å²) in [7, 11) is 0. The summed E-state index contributed by atoms with van der Waals surface area (Å²) in [4.78, 5) is 24.0. The van der Waals surface area contributed by atoms with Gasteiger partial charge in [0.2, 0.25) is 0 Å². The highest BCUT2D eigenvalue weighted by Gasteiger charge is 2.18. The maximum absolute atomic E-state index is 12.1. The third-order valence-electron chi connectivity index (χ3n) is 3.77. The highest BCUT2D eigenvalue weighted by atomic mass is 16.6. The minimum absolute atomic E-state index is 0.243. The summed E-state index contributed by atoms with van der Waals surface area (Å²) in [5.74, 6) is -0.381. The van der Waals surface area contributed by atoms with Gasteiger partial charge in [-0.25, -0.2) is 4.79 Å². The first-order valence-corrected chi connectivity index (χ1v) is 8.27. The summed E-state index contributed by atoms with van der Waals surface area (Å²) in [6.45, 7) is 5.25. The summed E-state index contributed by atoms with van der Waals surface area (Å²) in [6.07, 6.45) is 0.0358. The molecule has 0 radical (unpaired) electrons. The zero-order valence-corrected chi connectivity index (χ0v) is 14.7. The van der Waals surface area contributed by atoms with Crippen molar-refractivity contribution in [1.29, 1.82) is 0 Å². The van der Waals surface area contributed by atoms with Crippen molar-refractivity contribution < 1.29 is 19.1 Å². The maximum atomic E-state index is 12.1. The Bertz CT molecular complexity index is 725. The largest absolute Gasteiger partial charge is 0.482 e. The molecule has 2 rings (SSSR count). The van der Waals surface area contributed by atoms with Gasteiger partial charge in [0, 0.05) is 5.69 Å². The number of hydrogen-bond donors (Lipinski definition) is 1. The lowest BCUT2D eigenvalue weighted by Crippen LogP contribution is -2.31. The minimum atomic E-state index is -0.904. The number of amides is 1. The van der Waals surface area contributed by atoms with E-state index in [1.54, 1.807) is 18.2 Å². The fourth-order valence-corrected chi connectivity index (χ4v) is 2.20. The third-order valence-corrected chi connectivity index (χ3v) is 3.77. The quantitative estimate of drug-likeness (QED) is 0.783. The molecule has 2 aromatic rings. The van der Waals surface area contributed by atoms with E-state index in [9.17, 15) is 9.59 Å². The molecule has 0 fully saturated rings. The molecule has 0 heterocycles. The standard InChI is InChI=1S/C20H23NO4/c1-4-16-9-11-17(12-10-16)24-13-19(22)25-15(3)20(23)21-18-8-6-5-7-14(18)2/h5-12,15H,4,13H2,1-3H3,(H,21,23)/t15-/m0/s1. The zero-order valence-electron chi connectivity index (χ0n) is 14.7. The van der Waals surface area contributed by atoms with E-state index in [-0.39, 0.29) is 12.5 Å². The average molecular weight is 341 g/mol. The summed E-state index contributed by atoms with van der Waals surface area (Å²) >= 11 is 0. The van der Waals surface area contributed by atoms with Crippen molar-refractivity contribution in [1.82, 2.24) is 0 Å². The van der Waals surface area contributed by atoms with Gasteiger partial charge in [-0.15, -0.1) is 0 Å². The van der Waals surface area contributed by atoms with E-state index in [0.717, 1.165) is 12.0 Å². The number of anilines is 1. The SMILES string of the molecule is CCc1ccc(OCC(=O)O[C@@H](C)C(=O)Nc2ccccc2C)cc1. The van der Waals surface area contributed by atoms with Gasteiger partial charge in [0.15, 0.2) is 12.7 Å². The third kappa shape index (κ3) is 5.64. The fourth-order valence-electron chi connectivity index (χ4n) is 2.20. The number of benzene rings is 2. The van der Waals surface area contributed by atoms with E-state index in [2.05, 4.69) is 12.2 Å². The van der Waals surface area contributed by atoms with E-state index < -0.39 is 12.1 Å². The van der Waals surface area contributed by atoms with Crippen LogP contribution in [0.2, 0.25) is 0 Å². The van der Waals surface area contributed by atoms with E-state index in [4.69, 9.17) is 9.47 Å². The van der Waals surface area contributed by atoms with Crippen molar-refractivity contribution in [3.05, 3.63) is 59.7 Å². The molecule has 0 aromatic heterocycles. The number of hydrogen-bond acceptors (Lipinski definition) is 4. The molecule has 0 bridgehead atoms. The molecule has 0 aliphatic carbocycles. The molecule has 25 heavy (non-hydrogen) atoms. The molecule has 0 saturated carbocycles. The second-order valence-electron chi connectivity index (χ2n) is 5.72. The summed E-state index contributed by atoms with van der Waals surface area (Å²) in [5.41, 5.74) is 2.83. The number of ether oxygens (including phenoxy) is 2. The van der Waals surface area contributed by atoms with Gasteiger partial charge in [-0.1, -0.05) is 37.3 Å². The van der Waals surface area contributed by atoms with Gasteiger partial charge in [-0.05, 0) is 49.6 Å². The van der Waals surface area contributed by atoms with Crippen LogP contribution in [0.3, 0.4) is 0 Å². The summed E-state index contributed by atoms with van der Waals surface area (Å²) in [6, 6.07) is 14.9. The number of carbonyl (C=O) groups excluding carboxylic acids is 2. The van der Waals surface area contributed by atoms with Crippen LogP contribution in [0.4, 0.5) is 5.69 Å². The number of aryl methyl sites for hydroxylation is 2. The molecule has 0 spiro atoms. The van der Waals surface area contributed by atoms with Crippen molar-refractivity contribution in [2.45, 2.75) is 33.3 Å². The smallest absolute Gasteiger partial charge is 0.344 e. The van der Waals surface area contributed by atoms with E-state index in [0.29, 0.717) is 11.4 Å². The van der Waals surface area contributed by atoms with Crippen molar-refractivity contribution in [3.63, 3.8) is 0 Å². The number of rotatable bonds is 7. The van der Waals surface area contributed by atoms with Gasteiger partial charge >= 0.3 is 5.97 Å². The Morgan fingerprint density at radius 1 is 1.08 bits per heavy atom. The fraction of sp³-hybridized carbons (Fsp3) is 0.300. The minimum Gasteiger partial charge on any atom is -0.482 e. The predicted octanol–water partition coefficient (Wildman–Crippen LogP) is 3.51. The lowest BCUT2D eigenvalue weighted by molar-refractivity contribution is -0.155. The van der Waals surface area contributed by atoms with Crippen LogP contribution in [-0.2, 0) is 20.7 Å². The number of carbonyl (C=O) groups is 2. The summed E-state index contributed by atoms with van der Waals surface area (Å²) < 4.78 is 10.5. The molecule has 0 saturated heterocycles. The molecule has 0 unspecified atom stereocenters. The molecule has 0 aliphatic rings. The molecule has 5 heteroatoms. The topological polar surface area (TPSA) is 64.6 Å². The first kappa shape index (κ1) is 18.5. The molecule has 1 amide bonds. The Morgan fingerprint density at radius 2 is 1.76 bits per heavy atom. The van der Waals surface area contributed by atoms with Crippen LogP contribution in [0, 0.1) is 6.92 Å². The van der Waals surface area contributed by atoms with Gasteiger partial charge in [0.25, 0.3) is 5.91 Å². The Hall–Kier alpha value is -2.82. The van der Waals surface area contributed by atoms with Gasteiger partial charge in [0.05, 0.1) is 0 Å². The second kappa shape index (κ2) is 8.87. The van der Waals surface area contributed by atoms with Gasteiger partial charge in [0.1, 0.15) is 5.75 Å². The molecular weight excluding hydrogens is 318 g/mol. The highest BCUT2D eigenvalue weighted by Crippen LogP contribution is 2.14. The van der Waals surface area contributed by atoms with Crippen molar-refractivity contribution >= 4 is 17.6 Å². The highest BCUT2D eigenvalue weighted by molar-refractivity contribution is 5.95. The van der Waals surface area contributed by atoms with E-state index in [1.165, 1.54) is 12.5 Å². The van der Waals surface area contributed by atoms with Crippen LogP contribution < -0.4 is 10.1 Å². The molecule has 132 valence electrons. The van der Waals surface area contributed by atoms with Crippen LogP contribution in [0.1, 0.15) is 25.0 Å². The predicted molar refractivity (Wildman–Crippen MR) is 96.7 cm³/mol. The van der Waals surface area contributed by atoms with Gasteiger partial charge in [-0.3, -0.25) is 4.79 Å². The van der Waals surface area contributed by atoms with Crippen LogP contribution >= 0.6 is 0 Å². The molecular formula is C20H23NO4. The summed E-state index contributed by atoms with van der Waals surface area (Å²) in [5, 5.41) is 2.74. The zero-order chi connectivity index (χ0) is 18.2. The monoisotopic (exact) mass is 341 g/mol. The molecule has 5 nitrogen and oxygen atoms in total. The molecule has 2 aromatic carbocycles. The Balaban J connectivity index is 1.80. The normalized spacial score (nSPS) is 11.5. The van der Waals surface area contributed by atoms with Crippen LogP contribution in [0.25, 0.3) is 0 Å². The average Bonchev–Trinajstić information content (AvgIpc) is 2.62. The number of nitrogens with one attached hydrogen (secondary N) is 1. The molecule has 0 aliphatic heterocycles. The van der Waals surface area contributed by atoms with E-state index in [1.807, 2.05) is 37.3 Å². The van der Waals surface area contributed by atoms with Crippen LogP contribution in [0.15, 0.2) is 48.5 Å². The van der Waals surface area contributed by atoms with Crippen molar-refractivity contribution in [2.75, 3.05) is 11.9 Å². The number of esters is 1. The van der Waals surface area contributed by atoms with Crippen LogP contribution in [-0.4, -0.2) is 24.6 Å². The molecule has 1 atom stereocenters. The van der Waals surface area contributed by atoms with E-state index >= 15 is 0 Å². The van der Waals surface area contributed by atoms with Crippen LogP contribution in [0.5, 0.6) is 5.75 Å². The van der Waals surface area contributed by atoms with Gasteiger partial charge in [-0.2, -0.15) is 0 Å². The second-order valence-corrected chi connectivity index (χ2v) is 5.72.